The fraction of sp³-hybridized carbons (Fsp3) is 0.318. The third-order valence-electron chi connectivity index (χ3n) is 5.25. The van der Waals surface area contributed by atoms with Crippen molar-refractivity contribution in [2.75, 3.05) is 6.54 Å². The van der Waals surface area contributed by atoms with Gasteiger partial charge in [0.25, 0.3) is 0 Å². The van der Waals surface area contributed by atoms with Gasteiger partial charge in [-0.15, -0.1) is 0 Å². The van der Waals surface area contributed by atoms with Crippen LogP contribution < -0.4 is 5.73 Å². The Morgan fingerprint density at radius 2 is 2.00 bits per heavy atom. The molecule has 1 fully saturated rings. The molecule has 1 aliphatic carbocycles. The molecule has 2 heterocycles. The van der Waals surface area contributed by atoms with Crippen LogP contribution in [0.2, 0.25) is 0 Å². The summed E-state index contributed by atoms with van der Waals surface area (Å²) in [4.78, 5) is 22.2. The number of benzene rings is 1. The minimum Gasteiger partial charge on any atom is -0.330 e. The normalized spacial score (nSPS) is 13.3. The van der Waals surface area contributed by atoms with E-state index in [0.717, 1.165) is 17.8 Å². The zero-order valence-corrected chi connectivity index (χ0v) is 16.3. The zero-order chi connectivity index (χ0) is 20.4. The number of nitrogens with zero attached hydrogens (tertiary/aromatic N) is 5. The molecule has 146 valence electrons. The van der Waals surface area contributed by atoms with Crippen molar-refractivity contribution in [3.05, 3.63) is 64.7 Å². The van der Waals surface area contributed by atoms with Crippen molar-refractivity contribution in [1.82, 2.24) is 19.7 Å². The van der Waals surface area contributed by atoms with Gasteiger partial charge >= 0.3 is 0 Å². The van der Waals surface area contributed by atoms with Gasteiger partial charge in [0.05, 0.1) is 23.4 Å². The van der Waals surface area contributed by atoms with Crippen molar-refractivity contribution >= 4 is 5.78 Å². The van der Waals surface area contributed by atoms with Crippen molar-refractivity contribution < 1.29 is 4.79 Å². The van der Waals surface area contributed by atoms with E-state index >= 15 is 0 Å². The number of carbonyl (C=O) groups excluding carboxylic acids is 1. The highest BCUT2D eigenvalue weighted by molar-refractivity contribution is 6.13. The monoisotopic (exact) mass is 386 g/mol. The third-order valence-corrected chi connectivity index (χ3v) is 5.25. The Balaban J connectivity index is 1.73. The van der Waals surface area contributed by atoms with E-state index in [9.17, 15) is 10.1 Å². The van der Waals surface area contributed by atoms with E-state index in [1.807, 2.05) is 11.6 Å². The lowest BCUT2D eigenvalue weighted by Gasteiger charge is -2.09. The molecule has 0 spiro atoms. The van der Waals surface area contributed by atoms with Crippen LogP contribution in [-0.4, -0.2) is 32.1 Å². The standard InChI is InChI=1S/C22H22N6O/c1-14-20(12-27-28(14)13-15-2-3-15)21(29)19-8-16(9-24)4-5-18(19)22-25-10-17(6-7-23)11-26-22/h4-5,8,10-12,15H,2-3,6-7,13,23H2,1H3. The lowest BCUT2D eigenvalue weighted by molar-refractivity contribution is 0.103. The molecule has 0 radical (unpaired) electrons. The quantitative estimate of drug-likeness (QED) is 0.625. The molecule has 0 aliphatic heterocycles. The topological polar surface area (TPSA) is 110 Å². The van der Waals surface area contributed by atoms with Crippen LogP contribution in [0.25, 0.3) is 11.4 Å². The lowest BCUT2D eigenvalue weighted by Crippen LogP contribution is -2.09. The number of hydrogen-bond acceptors (Lipinski definition) is 6. The van der Waals surface area contributed by atoms with E-state index < -0.39 is 0 Å². The third kappa shape index (κ3) is 3.93. The highest BCUT2D eigenvalue weighted by atomic mass is 16.1. The van der Waals surface area contributed by atoms with Crippen molar-refractivity contribution in [3.8, 4) is 17.5 Å². The van der Waals surface area contributed by atoms with Crippen LogP contribution in [-0.2, 0) is 13.0 Å². The Kier molecular flexibility index (Phi) is 5.19. The maximum atomic E-state index is 13.4. The first kappa shape index (κ1) is 19.0. The van der Waals surface area contributed by atoms with Gasteiger partial charge in [-0.3, -0.25) is 9.48 Å². The Hall–Kier alpha value is -3.37. The lowest BCUT2D eigenvalue weighted by atomic mass is 9.96. The molecule has 2 N–H and O–H groups in total. The maximum Gasteiger partial charge on any atom is 0.197 e. The molecule has 4 rings (SSSR count). The van der Waals surface area contributed by atoms with Crippen LogP contribution >= 0.6 is 0 Å². The second-order valence-electron chi connectivity index (χ2n) is 7.42. The van der Waals surface area contributed by atoms with Gasteiger partial charge in [0.2, 0.25) is 0 Å². The molecule has 0 bridgehead atoms. The maximum absolute atomic E-state index is 13.4. The highest BCUT2D eigenvalue weighted by Crippen LogP contribution is 2.31. The van der Waals surface area contributed by atoms with Gasteiger partial charge in [0, 0.05) is 35.8 Å². The number of nitriles is 1. The average molecular weight is 386 g/mol. The number of ketones is 1. The molecule has 7 nitrogen and oxygen atoms in total. The Morgan fingerprint density at radius 3 is 2.66 bits per heavy atom. The molecule has 3 aromatic rings. The first-order chi connectivity index (χ1) is 14.1. The summed E-state index contributed by atoms with van der Waals surface area (Å²) in [5.41, 5.74) is 9.33. The van der Waals surface area contributed by atoms with E-state index in [2.05, 4.69) is 21.1 Å². The van der Waals surface area contributed by atoms with E-state index in [4.69, 9.17) is 5.73 Å². The van der Waals surface area contributed by atoms with Gasteiger partial charge in [0.15, 0.2) is 11.6 Å². The summed E-state index contributed by atoms with van der Waals surface area (Å²) in [6, 6.07) is 7.11. The van der Waals surface area contributed by atoms with E-state index in [0.29, 0.717) is 47.0 Å². The summed E-state index contributed by atoms with van der Waals surface area (Å²) in [7, 11) is 0. The van der Waals surface area contributed by atoms with Gasteiger partial charge in [-0.1, -0.05) is 0 Å². The fourth-order valence-corrected chi connectivity index (χ4v) is 3.33. The van der Waals surface area contributed by atoms with Gasteiger partial charge in [-0.2, -0.15) is 10.4 Å². The zero-order valence-electron chi connectivity index (χ0n) is 16.3. The SMILES string of the molecule is Cc1c(C(=O)c2cc(C#N)ccc2-c2ncc(CCN)cn2)cnn1CC1CC1. The predicted molar refractivity (Wildman–Crippen MR) is 108 cm³/mol. The second kappa shape index (κ2) is 7.94. The van der Waals surface area contributed by atoms with Gasteiger partial charge in [-0.05, 0) is 62.4 Å². The van der Waals surface area contributed by atoms with Crippen LogP contribution in [0.15, 0.2) is 36.8 Å². The number of rotatable bonds is 7. The van der Waals surface area contributed by atoms with Crippen molar-refractivity contribution in [2.24, 2.45) is 11.7 Å². The summed E-state index contributed by atoms with van der Waals surface area (Å²) in [6.45, 7) is 3.28. The number of hydrogen-bond donors (Lipinski definition) is 1. The molecular formula is C22H22N6O. The molecule has 1 aliphatic rings. The fourth-order valence-electron chi connectivity index (χ4n) is 3.33. The highest BCUT2D eigenvalue weighted by Gasteiger charge is 2.25. The first-order valence-electron chi connectivity index (χ1n) is 9.73. The van der Waals surface area contributed by atoms with Crippen LogP contribution in [0.5, 0.6) is 0 Å². The molecular weight excluding hydrogens is 364 g/mol. The Bertz CT molecular complexity index is 1090. The molecule has 29 heavy (non-hydrogen) atoms. The summed E-state index contributed by atoms with van der Waals surface area (Å²) < 4.78 is 1.90. The predicted octanol–water partition coefficient (Wildman–Crippen LogP) is 2.66. The average Bonchev–Trinajstić information content (AvgIpc) is 3.50. The van der Waals surface area contributed by atoms with Gasteiger partial charge in [-0.25, -0.2) is 9.97 Å². The van der Waals surface area contributed by atoms with Gasteiger partial charge < -0.3 is 5.73 Å². The van der Waals surface area contributed by atoms with Crippen LogP contribution in [0.3, 0.4) is 0 Å². The molecule has 0 amide bonds. The largest absolute Gasteiger partial charge is 0.330 e. The van der Waals surface area contributed by atoms with Crippen molar-refractivity contribution in [1.29, 1.82) is 5.26 Å². The number of aromatic nitrogens is 4. The van der Waals surface area contributed by atoms with Gasteiger partial charge in [0.1, 0.15) is 0 Å². The molecule has 2 aromatic heterocycles. The van der Waals surface area contributed by atoms with E-state index in [-0.39, 0.29) is 5.78 Å². The minimum absolute atomic E-state index is 0.175. The van der Waals surface area contributed by atoms with Crippen molar-refractivity contribution in [2.45, 2.75) is 32.7 Å². The number of carbonyl (C=O) groups is 1. The second-order valence-corrected chi connectivity index (χ2v) is 7.42. The molecule has 1 saturated carbocycles. The van der Waals surface area contributed by atoms with Crippen molar-refractivity contribution in [3.63, 3.8) is 0 Å². The summed E-state index contributed by atoms with van der Waals surface area (Å²) in [5.74, 6) is 0.933. The minimum atomic E-state index is -0.175. The molecule has 7 heteroatoms. The number of nitrogens with two attached hydrogens (primary N) is 1. The summed E-state index contributed by atoms with van der Waals surface area (Å²) >= 11 is 0. The van der Waals surface area contributed by atoms with E-state index in [1.54, 1.807) is 36.8 Å². The molecule has 0 unspecified atom stereocenters. The summed E-state index contributed by atoms with van der Waals surface area (Å²) in [6.07, 6.45) is 8.19. The molecule has 1 aromatic carbocycles. The van der Waals surface area contributed by atoms with Crippen LogP contribution in [0.1, 0.15) is 45.6 Å². The van der Waals surface area contributed by atoms with Crippen LogP contribution in [0, 0.1) is 24.2 Å². The Labute approximate surface area is 169 Å². The first-order valence-corrected chi connectivity index (χ1v) is 9.73. The summed E-state index contributed by atoms with van der Waals surface area (Å²) in [5, 5.41) is 13.7. The van der Waals surface area contributed by atoms with Crippen LogP contribution in [0.4, 0.5) is 0 Å². The van der Waals surface area contributed by atoms with E-state index in [1.165, 1.54) is 12.8 Å². The Morgan fingerprint density at radius 1 is 1.24 bits per heavy atom. The molecule has 0 saturated heterocycles. The molecule has 0 atom stereocenters. The smallest absolute Gasteiger partial charge is 0.197 e.